The molecule has 0 atom stereocenters. The third-order valence-corrected chi connectivity index (χ3v) is 4.47. The van der Waals surface area contributed by atoms with Crippen LogP contribution in [0, 0.1) is 0 Å². The van der Waals surface area contributed by atoms with Gasteiger partial charge in [-0.25, -0.2) is 9.97 Å². The Kier molecular flexibility index (Phi) is 5.45. The van der Waals surface area contributed by atoms with Crippen LogP contribution in [0.15, 0.2) is 53.8 Å². The number of carbonyl (C=O) groups is 1. The molecule has 6 nitrogen and oxygen atoms in total. The van der Waals surface area contributed by atoms with E-state index in [0.717, 1.165) is 16.9 Å². The van der Waals surface area contributed by atoms with E-state index in [-0.39, 0.29) is 12.5 Å². The monoisotopic (exact) mass is 353 g/mol. The van der Waals surface area contributed by atoms with Crippen molar-refractivity contribution in [3.05, 3.63) is 65.9 Å². The molecular formula is C18H19N5OS. The SMILES string of the molecule is CCc1cc(SC)cc(C(=O)NCc2ncnn2-c2ccccn2)c1. The van der Waals surface area contributed by atoms with Gasteiger partial charge in [0, 0.05) is 16.7 Å². The summed E-state index contributed by atoms with van der Waals surface area (Å²) in [5.74, 6) is 1.17. The molecule has 0 bridgehead atoms. The third kappa shape index (κ3) is 4.06. The topological polar surface area (TPSA) is 72.7 Å². The summed E-state index contributed by atoms with van der Waals surface area (Å²) in [4.78, 5) is 22.1. The highest BCUT2D eigenvalue weighted by atomic mass is 32.2. The number of thioether (sulfide) groups is 1. The molecule has 2 heterocycles. The zero-order valence-electron chi connectivity index (χ0n) is 14.1. The second-order valence-corrected chi connectivity index (χ2v) is 6.26. The molecule has 0 aliphatic rings. The summed E-state index contributed by atoms with van der Waals surface area (Å²) < 4.78 is 1.62. The summed E-state index contributed by atoms with van der Waals surface area (Å²) >= 11 is 1.63. The summed E-state index contributed by atoms with van der Waals surface area (Å²) in [5.41, 5.74) is 1.81. The molecule has 3 aromatic rings. The Morgan fingerprint density at radius 1 is 1.24 bits per heavy atom. The van der Waals surface area contributed by atoms with E-state index < -0.39 is 0 Å². The Morgan fingerprint density at radius 2 is 2.12 bits per heavy atom. The van der Waals surface area contributed by atoms with Gasteiger partial charge < -0.3 is 5.32 Å². The van der Waals surface area contributed by atoms with E-state index in [4.69, 9.17) is 0 Å². The van der Waals surface area contributed by atoms with Crippen LogP contribution >= 0.6 is 11.8 Å². The summed E-state index contributed by atoms with van der Waals surface area (Å²) in [6, 6.07) is 11.5. The second-order valence-electron chi connectivity index (χ2n) is 5.38. The first-order chi connectivity index (χ1) is 12.2. The minimum absolute atomic E-state index is 0.124. The summed E-state index contributed by atoms with van der Waals surface area (Å²) in [7, 11) is 0. The second kappa shape index (κ2) is 7.94. The van der Waals surface area contributed by atoms with Gasteiger partial charge in [-0.3, -0.25) is 4.79 Å². The van der Waals surface area contributed by atoms with Gasteiger partial charge in [0.05, 0.1) is 6.54 Å². The Morgan fingerprint density at radius 3 is 2.84 bits per heavy atom. The van der Waals surface area contributed by atoms with E-state index in [0.29, 0.717) is 17.2 Å². The standard InChI is InChI=1S/C18H19N5OS/c1-3-13-8-14(10-15(9-13)25-2)18(24)20-11-17-21-12-22-23(17)16-6-4-5-7-19-16/h4-10,12H,3,11H2,1-2H3,(H,20,24). The molecular weight excluding hydrogens is 334 g/mol. The Hall–Kier alpha value is -2.67. The lowest BCUT2D eigenvalue weighted by atomic mass is 10.1. The number of benzene rings is 1. The van der Waals surface area contributed by atoms with Gasteiger partial charge in [0.25, 0.3) is 5.91 Å². The predicted molar refractivity (Wildman–Crippen MR) is 97.9 cm³/mol. The van der Waals surface area contributed by atoms with E-state index >= 15 is 0 Å². The molecule has 25 heavy (non-hydrogen) atoms. The number of rotatable bonds is 6. The highest BCUT2D eigenvalue weighted by Gasteiger charge is 2.12. The van der Waals surface area contributed by atoms with E-state index in [1.807, 2.05) is 36.6 Å². The average molecular weight is 353 g/mol. The highest BCUT2D eigenvalue weighted by molar-refractivity contribution is 7.98. The van der Waals surface area contributed by atoms with Gasteiger partial charge in [-0.1, -0.05) is 13.0 Å². The zero-order valence-corrected chi connectivity index (χ0v) is 15.0. The fourth-order valence-corrected chi connectivity index (χ4v) is 2.95. The van der Waals surface area contributed by atoms with Gasteiger partial charge in [-0.15, -0.1) is 11.8 Å². The van der Waals surface area contributed by atoms with Crippen molar-refractivity contribution in [3.63, 3.8) is 0 Å². The van der Waals surface area contributed by atoms with Crippen molar-refractivity contribution in [3.8, 4) is 5.82 Å². The van der Waals surface area contributed by atoms with Crippen molar-refractivity contribution < 1.29 is 4.79 Å². The molecule has 0 radical (unpaired) electrons. The van der Waals surface area contributed by atoms with Gasteiger partial charge in [-0.2, -0.15) is 9.78 Å². The fourth-order valence-electron chi connectivity index (χ4n) is 2.43. The first-order valence-corrected chi connectivity index (χ1v) is 9.20. The molecule has 2 aromatic heterocycles. The van der Waals surface area contributed by atoms with E-state index in [1.165, 1.54) is 6.33 Å². The van der Waals surface area contributed by atoms with Crippen molar-refractivity contribution in [1.29, 1.82) is 0 Å². The largest absolute Gasteiger partial charge is 0.345 e. The van der Waals surface area contributed by atoms with Crippen molar-refractivity contribution in [1.82, 2.24) is 25.1 Å². The molecule has 7 heteroatoms. The van der Waals surface area contributed by atoms with Crippen LogP contribution in [0.3, 0.4) is 0 Å². The van der Waals surface area contributed by atoms with Gasteiger partial charge in [0.1, 0.15) is 6.33 Å². The Balaban J connectivity index is 1.75. The predicted octanol–water partition coefficient (Wildman–Crippen LogP) is 2.88. The molecule has 1 N–H and O–H groups in total. The number of carbonyl (C=O) groups excluding carboxylic acids is 1. The molecule has 0 aliphatic carbocycles. The minimum Gasteiger partial charge on any atom is -0.345 e. The highest BCUT2D eigenvalue weighted by Crippen LogP contribution is 2.19. The lowest BCUT2D eigenvalue weighted by Crippen LogP contribution is -2.25. The first kappa shape index (κ1) is 17.2. The van der Waals surface area contributed by atoms with Crippen LogP contribution < -0.4 is 5.32 Å². The van der Waals surface area contributed by atoms with Gasteiger partial charge >= 0.3 is 0 Å². The van der Waals surface area contributed by atoms with E-state index in [2.05, 4.69) is 33.4 Å². The maximum absolute atomic E-state index is 12.5. The Bertz CT molecular complexity index is 841. The third-order valence-electron chi connectivity index (χ3n) is 3.76. The molecule has 1 aromatic carbocycles. The maximum Gasteiger partial charge on any atom is 0.251 e. The first-order valence-electron chi connectivity index (χ1n) is 7.97. The van der Waals surface area contributed by atoms with Crippen molar-refractivity contribution in [2.24, 2.45) is 0 Å². The number of amides is 1. The van der Waals surface area contributed by atoms with Gasteiger partial charge in [0.15, 0.2) is 11.6 Å². The molecule has 0 fully saturated rings. The van der Waals surface area contributed by atoms with Crippen molar-refractivity contribution in [2.45, 2.75) is 24.8 Å². The molecule has 0 aliphatic heterocycles. The average Bonchev–Trinajstić information content (AvgIpc) is 3.14. The molecule has 128 valence electrons. The molecule has 0 saturated heterocycles. The van der Waals surface area contributed by atoms with Crippen LogP contribution in [0.25, 0.3) is 5.82 Å². The fraction of sp³-hybridized carbons (Fsp3) is 0.222. The summed E-state index contributed by atoms with van der Waals surface area (Å²) in [5, 5.41) is 7.10. The quantitative estimate of drug-likeness (QED) is 0.690. The number of hydrogen-bond acceptors (Lipinski definition) is 5. The number of nitrogens with one attached hydrogen (secondary N) is 1. The van der Waals surface area contributed by atoms with Crippen LogP contribution in [0.2, 0.25) is 0 Å². The van der Waals surface area contributed by atoms with Crippen molar-refractivity contribution >= 4 is 17.7 Å². The minimum atomic E-state index is -0.124. The van der Waals surface area contributed by atoms with Crippen LogP contribution in [-0.2, 0) is 13.0 Å². The van der Waals surface area contributed by atoms with E-state index in [9.17, 15) is 4.79 Å². The van der Waals surface area contributed by atoms with Crippen molar-refractivity contribution in [2.75, 3.05) is 6.26 Å². The zero-order chi connectivity index (χ0) is 17.6. The molecule has 0 spiro atoms. The molecule has 0 saturated carbocycles. The van der Waals surface area contributed by atoms with Crippen LogP contribution in [-0.4, -0.2) is 31.9 Å². The molecule has 0 unspecified atom stereocenters. The number of hydrogen-bond donors (Lipinski definition) is 1. The smallest absolute Gasteiger partial charge is 0.251 e. The van der Waals surface area contributed by atoms with Gasteiger partial charge in [0.2, 0.25) is 0 Å². The van der Waals surface area contributed by atoms with Crippen LogP contribution in [0.4, 0.5) is 0 Å². The number of nitrogens with zero attached hydrogens (tertiary/aromatic N) is 4. The van der Waals surface area contributed by atoms with Crippen LogP contribution in [0.1, 0.15) is 28.7 Å². The summed E-state index contributed by atoms with van der Waals surface area (Å²) in [6.07, 6.45) is 6.05. The maximum atomic E-state index is 12.5. The molecule has 3 rings (SSSR count). The normalized spacial score (nSPS) is 10.6. The number of aryl methyl sites for hydroxylation is 1. The lowest BCUT2D eigenvalue weighted by molar-refractivity contribution is 0.0949. The van der Waals surface area contributed by atoms with Gasteiger partial charge in [-0.05, 0) is 48.6 Å². The Labute approximate surface area is 150 Å². The lowest BCUT2D eigenvalue weighted by Gasteiger charge is -2.09. The van der Waals surface area contributed by atoms with Crippen LogP contribution in [0.5, 0.6) is 0 Å². The number of pyridine rings is 1. The molecule has 1 amide bonds. The number of aromatic nitrogens is 4. The summed E-state index contributed by atoms with van der Waals surface area (Å²) in [6.45, 7) is 2.36. The van der Waals surface area contributed by atoms with E-state index in [1.54, 1.807) is 22.6 Å².